The number of para-hydroxylation sites is 1. The summed E-state index contributed by atoms with van der Waals surface area (Å²) in [6.07, 6.45) is 2.84. The van der Waals surface area contributed by atoms with E-state index in [0.29, 0.717) is 35.4 Å². The van der Waals surface area contributed by atoms with Crippen LogP contribution in [-0.4, -0.2) is 51.5 Å². The molecule has 2 aromatic carbocycles. The Bertz CT molecular complexity index is 1460. The summed E-state index contributed by atoms with van der Waals surface area (Å²) in [5.74, 6) is -0.775. The van der Waals surface area contributed by atoms with Crippen LogP contribution in [0, 0.1) is 5.82 Å². The number of nitrogens with one attached hydrogen (secondary N) is 2. The third-order valence-corrected chi connectivity index (χ3v) is 6.08. The standard InChI is InChI=1S/C25H22FN5O4/c26-17-7-3-5-15(11-17)23-29-25(35-30-23)16-6-4-10-31(14-16)21(32)13-28-24(34)19-12-27-20-9-2-1-8-18(20)22(19)33/h1-3,5,7-9,11-12,16H,4,6,10,13-14H2,(H,27,33)(H,28,34). The van der Waals surface area contributed by atoms with Crippen LogP contribution < -0.4 is 10.7 Å². The Morgan fingerprint density at radius 2 is 2.06 bits per heavy atom. The van der Waals surface area contributed by atoms with E-state index in [-0.39, 0.29) is 29.8 Å². The topological polar surface area (TPSA) is 121 Å². The highest BCUT2D eigenvalue weighted by Gasteiger charge is 2.29. The Labute approximate surface area is 199 Å². The van der Waals surface area contributed by atoms with Gasteiger partial charge in [0.15, 0.2) is 0 Å². The zero-order valence-corrected chi connectivity index (χ0v) is 18.7. The Kier molecular flexibility index (Phi) is 6.09. The molecular weight excluding hydrogens is 453 g/mol. The first-order valence-electron chi connectivity index (χ1n) is 11.3. The van der Waals surface area contributed by atoms with Crippen molar-refractivity contribution >= 4 is 22.7 Å². The first-order chi connectivity index (χ1) is 17.0. The van der Waals surface area contributed by atoms with Crippen LogP contribution in [0.3, 0.4) is 0 Å². The summed E-state index contributed by atoms with van der Waals surface area (Å²) < 4.78 is 18.9. The largest absolute Gasteiger partial charge is 0.360 e. The van der Waals surface area contributed by atoms with E-state index >= 15 is 0 Å². The van der Waals surface area contributed by atoms with Crippen molar-refractivity contribution in [2.75, 3.05) is 19.6 Å². The number of piperidine rings is 1. The number of fused-ring (bicyclic) bond motifs is 1. The van der Waals surface area contributed by atoms with Crippen LogP contribution in [0.4, 0.5) is 4.39 Å². The average Bonchev–Trinajstić information content (AvgIpc) is 3.38. The maximum atomic E-state index is 13.5. The molecule has 2 aromatic heterocycles. The van der Waals surface area contributed by atoms with E-state index in [1.54, 1.807) is 41.3 Å². The number of carbonyl (C=O) groups excluding carboxylic acids is 2. The fraction of sp³-hybridized carbons (Fsp3) is 0.240. The first-order valence-corrected chi connectivity index (χ1v) is 11.3. The minimum atomic E-state index is -0.615. The summed E-state index contributed by atoms with van der Waals surface area (Å²) >= 11 is 0. The SMILES string of the molecule is O=C(NCC(=O)N1CCCC(c2nc(-c3cccc(F)c3)no2)C1)c1c[nH]c2ccccc2c1=O. The van der Waals surface area contributed by atoms with Crippen LogP contribution in [0.5, 0.6) is 0 Å². The molecule has 1 aliphatic heterocycles. The molecule has 4 aromatic rings. The molecular formula is C25H22FN5O4. The zero-order valence-electron chi connectivity index (χ0n) is 18.7. The molecule has 10 heteroatoms. The van der Waals surface area contributed by atoms with Gasteiger partial charge in [-0.3, -0.25) is 14.4 Å². The smallest absolute Gasteiger partial charge is 0.257 e. The second-order valence-corrected chi connectivity index (χ2v) is 8.41. The number of amides is 2. The van der Waals surface area contributed by atoms with Gasteiger partial charge in [-0.1, -0.05) is 29.4 Å². The van der Waals surface area contributed by atoms with Crippen LogP contribution >= 0.6 is 0 Å². The maximum absolute atomic E-state index is 13.5. The minimum absolute atomic E-state index is 0.0521. The number of carbonyl (C=O) groups is 2. The van der Waals surface area contributed by atoms with Gasteiger partial charge in [0.1, 0.15) is 11.4 Å². The van der Waals surface area contributed by atoms with Gasteiger partial charge in [-0.25, -0.2) is 4.39 Å². The number of H-pyrrole nitrogens is 1. The van der Waals surface area contributed by atoms with E-state index < -0.39 is 17.2 Å². The molecule has 5 rings (SSSR count). The number of rotatable bonds is 5. The lowest BCUT2D eigenvalue weighted by molar-refractivity contribution is -0.131. The molecule has 3 heterocycles. The van der Waals surface area contributed by atoms with E-state index in [1.165, 1.54) is 18.3 Å². The van der Waals surface area contributed by atoms with Gasteiger partial charge in [0.05, 0.1) is 12.5 Å². The number of pyridine rings is 1. The molecule has 1 unspecified atom stereocenters. The molecule has 1 saturated heterocycles. The summed E-state index contributed by atoms with van der Waals surface area (Å²) in [5.41, 5.74) is 0.692. The average molecular weight is 475 g/mol. The molecule has 9 nitrogen and oxygen atoms in total. The predicted molar refractivity (Wildman–Crippen MR) is 125 cm³/mol. The van der Waals surface area contributed by atoms with Crippen LogP contribution in [0.2, 0.25) is 0 Å². The Hall–Kier alpha value is -4.34. The molecule has 1 atom stereocenters. The van der Waals surface area contributed by atoms with Crippen molar-refractivity contribution in [2.45, 2.75) is 18.8 Å². The molecule has 0 spiro atoms. The van der Waals surface area contributed by atoms with Crippen molar-refractivity contribution in [3.63, 3.8) is 0 Å². The van der Waals surface area contributed by atoms with E-state index in [1.807, 2.05) is 0 Å². The normalized spacial score (nSPS) is 15.8. The number of benzene rings is 2. The lowest BCUT2D eigenvalue weighted by Gasteiger charge is -2.31. The van der Waals surface area contributed by atoms with Crippen LogP contribution in [0.25, 0.3) is 22.3 Å². The summed E-state index contributed by atoms with van der Waals surface area (Å²) in [4.78, 5) is 46.9. The van der Waals surface area contributed by atoms with Gasteiger partial charge in [0.25, 0.3) is 5.91 Å². The van der Waals surface area contributed by atoms with E-state index in [2.05, 4.69) is 20.4 Å². The van der Waals surface area contributed by atoms with Gasteiger partial charge in [0.2, 0.25) is 23.1 Å². The lowest BCUT2D eigenvalue weighted by Crippen LogP contribution is -2.45. The van der Waals surface area contributed by atoms with Crippen LogP contribution in [0.15, 0.2) is 64.0 Å². The van der Waals surface area contributed by atoms with Gasteiger partial charge in [-0.05, 0) is 37.1 Å². The lowest BCUT2D eigenvalue weighted by atomic mass is 9.98. The van der Waals surface area contributed by atoms with Crippen molar-refractivity contribution in [3.8, 4) is 11.4 Å². The van der Waals surface area contributed by atoms with Crippen molar-refractivity contribution in [3.05, 3.63) is 82.2 Å². The second-order valence-electron chi connectivity index (χ2n) is 8.41. The molecule has 0 bridgehead atoms. The minimum Gasteiger partial charge on any atom is -0.360 e. The molecule has 0 radical (unpaired) electrons. The van der Waals surface area contributed by atoms with Crippen molar-refractivity contribution in [1.82, 2.24) is 25.3 Å². The quantitative estimate of drug-likeness (QED) is 0.458. The zero-order chi connectivity index (χ0) is 24.4. The third-order valence-electron chi connectivity index (χ3n) is 6.08. The second kappa shape index (κ2) is 9.49. The molecule has 0 saturated carbocycles. The molecule has 35 heavy (non-hydrogen) atoms. The fourth-order valence-corrected chi connectivity index (χ4v) is 4.25. The van der Waals surface area contributed by atoms with Crippen molar-refractivity contribution < 1.29 is 18.5 Å². The number of hydrogen-bond acceptors (Lipinski definition) is 6. The maximum Gasteiger partial charge on any atom is 0.257 e. The Morgan fingerprint density at radius 1 is 1.20 bits per heavy atom. The van der Waals surface area contributed by atoms with Crippen molar-refractivity contribution in [2.24, 2.45) is 0 Å². The number of nitrogens with zero attached hydrogens (tertiary/aromatic N) is 3. The third kappa shape index (κ3) is 4.68. The van der Waals surface area contributed by atoms with Crippen LogP contribution in [-0.2, 0) is 4.79 Å². The number of aromatic nitrogens is 3. The van der Waals surface area contributed by atoms with Gasteiger partial charge in [-0.15, -0.1) is 0 Å². The number of likely N-dealkylation sites (tertiary alicyclic amines) is 1. The van der Waals surface area contributed by atoms with Gasteiger partial charge in [0, 0.05) is 35.8 Å². The Balaban J connectivity index is 1.22. The summed E-state index contributed by atoms with van der Waals surface area (Å²) in [6.45, 7) is 0.652. The molecule has 178 valence electrons. The van der Waals surface area contributed by atoms with Crippen molar-refractivity contribution in [1.29, 1.82) is 0 Å². The number of halogens is 1. The molecule has 1 fully saturated rings. The molecule has 2 amide bonds. The van der Waals surface area contributed by atoms with Gasteiger partial charge >= 0.3 is 0 Å². The Morgan fingerprint density at radius 3 is 2.91 bits per heavy atom. The molecule has 0 aliphatic carbocycles. The molecule has 2 N–H and O–H groups in total. The highest BCUT2D eigenvalue weighted by atomic mass is 19.1. The highest BCUT2D eigenvalue weighted by molar-refractivity contribution is 5.98. The summed E-state index contributed by atoms with van der Waals surface area (Å²) in [6, 6.07) is 12.8. The van der Waals surface area contributed by atoms with E-state index in [4.69, 9.17) is 4.52 Å². The van der Waals surface area contributed by atoms with E-state index in [0.717, 1.165) is 12.8 Å². The monoisotopic (exact) mass is 475 g/mol. The summed E-state index contributed by atoms with van der Waals surface area (Å²) in [5, 5.41) is 6.90. The molecule has 1 aliphatic rings. The van der Waals surface area contributed by atoms with Crippen LogP contribution in [0.1, 0.15) is 35.0 Å². The fourth-order valence-electron chi connectivity index (χ4n) is 4.25. The van der Waals surface area contributed by atoms with E-state index in [9.17, 15) is 18.8 Å². The first kappa shape index (κ1) is 22.5. The number of aromatic amines is 1. The predicted octanol–water partition coefficient (Wildman–Crippen LogP) is 2.85. The highest BCUT2D eigenvalue weighted by Crippen LogP contribution is 2.27. The van der Waals surface area contributed by atoms with Gasteiger partial charge < -0.3 is 19.7 Å². The van der Waals surface area contributed by atoms with Gasteiger partial charge in [-0.2, -0.15) is 4.98 Å². The summed E-state index contributed by atoms with van der Waals surface area (Å²) in [7, 11) is 0. The number of hydrogen-bond donors (Lipinski definition) is 2.